The molecule has 2 rings (SSSR count). The second-order valence-electron chi connectivity index (χ2n) is 3.32. The van der Waals surface area contributed by atoms with Crippen LogP contribution in [0.2, 0.25) is 0 Å². The van der Waals surface area contributed by atoms with Gasteiger partial charge in [0.1, 0.15) is 0 Å². The molecule has 1 saturated carbocycles. The fourth-order valence-electron chi connectivity index (χ4n) is 1.93. The molecule has 0 amide bonds. The van der Waals surface area contributed by atoms with Crippen molar-refractivity contribution in [2.45, 2.75) is 37.8 Å². The summed E-state index contributed by atoms with van der Waals surface area (Å²) in [4.78, 5) is 4.37. The molecule has 4 heteroatoms. The molecular formula is C8H12N4. The average molecular weight is 164 g/mol. The van der Waals surface area contributed by atoms with Crippen LogP contribution in [0.25, 0.3) is 0 Å². The maximum absolute atomic E-state index is 8.38. The van der Waals surface area contributed by atoms with Gasteiger partial charge in [0.2, 0.25) is 5.96 Å². The molecule has 2 atom stereocenters. The smallest absolute Gasteiger partial charge is 0.205 e. The van der Waals surface area contributed by atoms with Crippen molar-refractivity contribution in [3.05, 3.63) is 0 Å². The van der Waals surface area contributed by atoms with Gasteiger partial charge in [-0.1, -0.05) is 12.8 Å². The van der Waals surface area contributed by atoms with Crippen LogP contribution in [0.4, 0.5) is 0 Å². The minimum absolute atomic E-state index is 0.412. The Bertz CT molecular complexity index is 240. The van der Waals surface area contributed by atoms with Crippen LogP contribution in [0, 0.1) is 11.5 Å². The van der Waals surface area contributed by atoms with Gasteiger partial charge in [0, 0.05) is 0 Å². The van der Waals surface area contributed by atoms with Crippen LogP contribution in [0.1, 0.15) is 25.7 Å². The zero-order chi connectivity index (χ0) is 8.39. The molecule has 0 spiro atoms. The van der Waals surface area contributed by atoms with E-state index in [9.17, 15) is 0 Å². The number of guanidine groups is 1. The standard InChI is InChI=1S/C8H12N4/c9-5-10-8-11-6-3-1-2-4-7(6)12-8/h6-7H,1-4H2,(H2,10,11,12). The first-order valence-corrected chi connectivity index (χ1v) is 4.39. The van der Waals surface area contributed by atoms with Crippen LogP contribution in [-0.2, 0) is 0 Å². The monoisotopic (exact) mass is 164 g/mol. The van der Waals surface area contributed by atoms with E-state index in [0.29, 0.717) is 18.0 Å². The van der Waals surface area contributed by atoms with Crippen molar-refractivity contribution in [3.8, 4) is 6.19 Å². The van der Waals surface area contributed by atoms with Crippen molar-refractivity contribution in [2.24, 2.45) is 4.99 Å². The van der Waals surface area contributed by atoms with Gasteiger partial charge in [0.15, 0.2) is 6.19 Å². The minimum Gasteiger partial charge on any atom is -0.351 e. The highest BCUT2D eigenvalue weighted by Crippen LogP contribution is 2.23. The molecule has 64 valence electrons. The molecule has 4 nitrogen and oxygen atoms in total. The lowest BCUT2D eigenvalue weighted by molar-refractivity contribution is 0.384. The molecule has 1 aliphatic heterocycles. The van der Waals surface area contributed by atoms with E-state index >= 15 is 0 Å². The van der Waals surface area contributed by atoms with Gasteiger partial charge in [-0.25, -0.2) is 4.99 Å². The van der Waals surface area contributed by atoms with E-state index in [4.69, 9.17) is 5.26 Å². The minimum atomic E-state index is 0.412. The first-order chi connectivity index (χ1) is 5.90. The quantitative estimate of drug-likeness (QED) is 0.400. The number of aliphatic imine (C=N–C) groups is 1. The summed E-state index contributed by atoms with van der Waals surface area (Å²) >= 11 is 0. The van der Waals surface area contributed by atoms with Crippen LogP contribution in [-0.4, -0.2) is 18.0 Å². The molecule has 2 aliphatic rings. The van der Waals surface area contributed by atoms with Gasteiger partial charge in [-0.05, 0) is 12.8 Å². The van der Waals surface area contributed by atoms with E-state index in [2.05, 4.69) is 15.6 Å². The van der Waals surface area contributed by atoms with Crippen LogP contribution in [0.15, 0.2) is 4.99 Å². The number of hydrogen-bond donors (Lipinski definition) is 2. The molecule has 0 aromatic carbocycles. The Hall–Kier alpha value is -1.24. The Balaban J connectivity index is 2.00. The highest BCUT2D eigenvalue weighted by atomic mass is 15.2. The molecule has 0 aromatic heterocycles. The average Bonchev–Trinajstić information content (AvgIpc) is 2.47. The normalized spacial score (nSPS) is 32.8. The predicted octanol–water partition coefficient (Wildman–Crippen LogP) is 0.327. The SMILES string of the molecule is N#CNC1=NC2CCCCC2N1. The molecule has 1 aliphatic carbocycles. The third kappa shape index (κ3) is 1.22. The molecule has 1 fully saturated rings. The summed E-state index contributed by atoms with van der Waals surface area (Å²) in [7, 11) is 0. The van der Waals surface area contributed by atoms with Crippen LogP contribution in [0.3, 0.4) is 0 Å². The Morgan fingerprint density at radius 2 is 2.33 bits per heavy atom. The fraction of sp³-hybridized carbons (Fsp3) is 0.750. The van der Waals surface area contributed by atoms with Crippen LogP contribution >= 0.6 is 0 Å². The predicted molar refractivity (Wildman–Crippen MR) is 45.4 cm³/mol. The summed E-state index contributed by atoms with van der Waals surface area (Å²) in [5.41, 5.74) is 0. The van der Waals surface area contributed by atoms with Crippen molar-refractivity contribution in [1.82, 2.24) is 10.6 Å². The van der Waals surface area contributed by atoms with E-state index in [-0.39, 0.29) is 0 Å². The van der Waals surface area contributed by atoms with Gasteiger partial charge in [0.05, 0.1) is 12.1 Å². The topological polar surface area (TPSA) is 60.2 Å². The lowest BCUT2D eigenvalue weighted by Crippen LogP contribution is -2.40. The molecule has 2 unspecified atom stereocenters. The van der Waals surface area contributed by atoms with Gasteiger partial charge in [-0.15, -0.1) is 0 Å². The van der Waals surface area contributed by atoms with Crippen LogP contribution < -0.4 is 10.6 Å². The highest BCUT2D eigenvalue weighted by molar-refractivity contribution is 5.83. The summed E-state index contributed by atoms with van der Waals surface area (Å²) in [6, 6.07) is 0.893. The maximum Gasteiger partial charge on any atom is 0.205 e. The summed E-state index contributed by atoms with van der Waals surface area (Å²) in [5.74, 6) is 0.661. The summed E-state index contributed by atoms with van der Waals surface area (Å²) in [6.07, 6.45) is 6.77. The number of nitrogens with one attached hydrogen (secondary N) is 2. The third-order valence-corrected chi connectivity index (χ3v) is 2.52. The number of nitriles is 1. The van der Waals surface area contributed by atoms with Crippen molar-refractivity contribution in [1.29, 1.82) is 5.26 Å². The lowest BCUT2D eigenvalue weighted by Gasteiger charge is -2.22. The summed E-state index contributed by atoms with van der Waals surface area (Å²) < 4.78 is 0. The van der Waals surface area contributed by atoms with Gasteiger partial charge in [-0.2, -0.15) is 5.26 Å². The molecule has 12 heavy (non-hydrogen) atoms. The van der Waals surface area contributed by atoms with E-state index in [1.807, 2.05) is 6.19 Å². The first kappa shape index (κ1) is 7.41. The fourth-order valence-corrected chi connectivity index (χ4v) is 1.93. The van der Waals surface area contributed by atoms with Gasteiger partial charge >= 0.3 is 0 Å². The Morgan fingerprint density at radius 1 is 1.50 bits per heavy atom. The van der Waals surface area contributed by atoms with E-state index in [1.54, 1.807) is 0 Å². The maximum atomic E-state index is 8.38. The van der Waals surface area contributed by atoms with Crippen molar-refractivity contribution in [3.63, 3.8) is 0 Å². The van der Waals surface area contributed by atoms with E-state index in [1.165, 1.54) is 19.3 Å². The Morgan fingerprint density at radius 3 is 3.08 bits per heavy atom. The number of rotatable bonds is 0. The second-order valence-corrected chi connectivity index (χ2v) is 3.32. The van der Waals surface area contributed by atoms with Crippen molar-refractivity contribution in [2.75, 3.05) is 0 Å². The van der Waals surface area contributed by atoms with Gasteiger partial charge < -0.3 is 5.32 Å². The van der Waals surface area contributed by atoms with E-state index < -0.39 is 0 Å². The zero-order valence-corrected chi connectivity index (χ0v) is 6.88. The van der Waals surface area contributed by atoms with Gasteiger partial charge in [0.25, 0.3) is 0 Å². The molecular weight excluding hydrogens is 152 g/mol. The number of hydrogen-bond acceptors (Lipinski definition) is 4. The number of nitrogens with zero attached hydrogens (tertiary/aromatic N) is 2. The molecule has 0 saturated heterocycles. The number of fused-ring (bicyclic) bond motifs is 1. The largest absolute Gasteiger partial charge is 0.351 e. The molecule has 0 radical (unpaired) electrons. The third-order valence-electron chi connectivity index (χ3n) is 2.52. The lowest BCUT2D eigenvalue weighted by atomic mass is 9.92. The second kappa shape index (κ2) is 3.02. The van der Waals surface area contributed by atoms with Crippen LogP contribution in [0.5, 0.6) is 0 Å². The van der Waals surface area contributed by atoms with Crippen molar-refractivity contribution >= 4 is 5.96 Å². The molecule has 2 N–H and O–H groups in total. The van der Waals surface area contributed by atoms with E-state index in [0.717, 1.165) is 6.42 Å². The Kier molecular flexibility index (Phi) is 1.86. The molecule has 0 aromatic rings. The molecule has 0 bridgehead atoms. The first-order valence-electron chi connectivity index (χ1n) is 4.39. The van der Waals surface area contributed by atoms with Crippen molar-refractivity contribution < 1.29 is 0 Å². The highest BCUT2D eigenvalue weighted by Gasteiger charge is 2.30. The summed E-state index contributed by atoms with van der Waals surface area (Å²) in [5, 5.41) is 14.1. The Labute approximate surface area is 71.7 Å². The zero-order valence-electron chi connectivity index (χ0n) is 6.88. The van der Waals surface area contributed by atoms with Gasteiger partial charge in [-0.3, -0.25) is 5.32 Å². The molecule has 1 heterocycles. The summed E-state index contributed by atoms with van der Waals surface area (Å²) in [6.45, 7) is 0.